The highest BCUT2D eigenvalue weighted by atomic mass is 16.5. The summed E-state index contributed by atoms with van der Waals surface area (Å²) in [5.74, 6) is 1.48. The average Bonchev–Trinajstić information content (AvgIpc) is 2.61. The van der Waals surface area contributed by atoms with E-state index in [2.05, 4.69) is 48.1 Å². The molecule has 4 N–H and O–H groups in total. The molecule has 2 aromatic rings. The molecular formula is C19H34N8O2+2. The third-order valence-electron chi connectivity index (χ3n) is 4.72. The summed E-state index contributed by atoms with van der Waals surface area (Å²) >= 11 is 0. The Morgan fingerprint density at radius 2 is 1.14 bits per heavy atom. The monoisotopic (exact) mass is 406 g/mol. The van der Waals surface area contributed by atoms with Gasteiger partial charge < -0.3 is 29.9 Å². The van der Waals surface area contributed by atoms with Gasteiger partial charge >= 0.3 is 0 Å². The molecule has 0 unspecified atom stereocenters. The predicted octanol–water partition coefficient (Wildman–Crippen LogP) is 0.432. The van der Waals surface area contributed by atoms with Crippen molar-refractivity contribution in [2.45, 2.75) is 6.42 Å². The molecule has 2 aromatic heterocycles. The second-order valence-corrected chi connectivity index (χ2v) is 8.32. The van der Waals surface area contributed by atoms with E-state index >= 15 is 0 Å². The van der Waals surface area contributed by atoms with Gasteiger partial charge in [0.1, 0.15) is 26.3 Å². The van der Waals surface area contributed by atoms with Gasteiger partial charge in [-0.25, -0.2) is 9.97 Å². The van der Waals surface area contributed by atoms with Crippen molar-refractivity contribution in [3.8, 4) is 11.8 Å². The Bertz CT molecular complexity index is 706. The van der Waals surface area contributed by atoms with E-state index in [1.54, 1.807) is 24.5 Å². The number of nitrogens with two attached hydrogens (primary N) is 2. The highest BCUT2D eigenvalue weighted by Crippen LogP contribution is 2.09. The van der Waals surface area contributed by atoms with Crippen LogP contribution in [0.15, 0.2) is 24.5 Å². The quantitative estimate of drug-likeness (QED) is 0.487. The first-order valence-corrected chi connectivity index (χ1v) is 9.72. The second-order valence-electron chi connectivity index (χ2n) is 8.32. The summed E-state index contributed by atoms with van der Waals surface area (Å²) in [6.07, 6.45) is 4.29. The first-order chi connectivity index (χ1) is 13.7. The van der Waals surface area contributed by atoms with E-state index < -0.39 is 0 Å². The summed E-state index contributed by atoms with van der Waals surface area (Å²) in [4.78, 5) is 15.8. The zero-order valence-electron chi connectivity index (χ0n) is 17.9. The molecule has 2 heterocycles. The molecule has 160 valence electrons. The SMILES string of the molecule is C[N+](C)(CCC[N+](C)(C)CCOc1ccnc(N)n1)CCOc1ccnc(N)n1. The van der Waals surface area contributed by atoms with Crippen LogP contribution in [0.25, 0.3) is 0 Å². The molecule has 0 bridgehead atoms. The summed E-state index contributed by atoms with van der Waals surface area (Å²) in [6.45, 7) is 5.04. The molecule has 0 aliphatic rings. The molecular weight excluding hydrogens is 372 g/mol. The van der Waals surface area contributed by atoms with Crippen LogP contribution < -0.4 is 20.9 Å². The van der Waals surface area contributed by atoms with E-state index in [1.807, 2.05) is 0 Å². The molecule has 10 nitrogen and oxygen atoms in total. The van der Waals surface area contributed by atoms with Gasteiger partial charge in [-0.2, -0.15) is 9.97 Å². The molecule has 2 rings (SSSR count). The summed E-state index contributed by atoms with van der Waals surface area (Å²) in [6, 6.07) is 3.43. The van der Waals surface area contributed by atoms with Gasteiger partial charge in [0.15, 0.2) is 0 Å². The molecule has 10 heteroatoms. The van der Waals surface area contributed by atoms with Gasteiger partial charge in [-0.05, 0) is 0 Å². The molecule has 0 spiro atoms. The number of aromatic nitrogens is 4. The third kappa shape index (κ3) is 8.88. The standard InChI is InChI=1S/C19H34N8O2/c1-26(2,12-14-28-16-6-8-22-18(20)24-16)10-5-11-27(3,4)13-15-29-17-7-9-23-19(21)25-17/h6-9H,5,10-15H2,1-4H3,(H2,20,22,24)(H2,21,23,25)/q+2. The number of rotatable bonds is 12. The van der Waals surface area contributed by atoms with Gasteiger partial charge in [0.05, 0.1) is 41.3 Å². The predicted molar refractivity (Wildman–Crippen MR) is 112 cm³/mol. The van der Waals surface area contributed by atoms with Crippen LogP contribution in [0.3, 0.4) is 0 Å². The number of anilines is 2. The van der Waals surface area contributed by atoms with Crippen LogP contribution in [-0.2, 0) is 0 Å². The lowest BCUT2D eigenvalue weighted by Crippen LogP contribution is -2.48. The highest BCUT2D eigenvalue weighted by Gasteiger charge is 2.20. The van der Waals surface area contributed by atoms with E-state index in [0.717, 1.165) is 41.6 Å². The van der Waals surface area contributed by atoms with Crippen molar-refractivity contribution < 1.29 is 18.4 Å². The van der Waals surface area contributed by atoms with Crippen molar-refractivity contribution in [1.82, 2.24) is 19.9 Å². The molecule has 0 aliphatic heterocycles. The van der Waals surface area contributed by atoms with Crippen LogP contribution in [0.1, 0.15) is 6.42 Å². The lowest BCUT2D eigenvalue weighted by molar-refractivity contribution is -0.909. The molecule has 0 amide bonds. The number of nitrogen functional groups attached to an aromatic ring is 2. The van der Waals surface area contributed by atoms with Crippen molar-refractivity contribution in [1.29, 1.82) is 0 Å². The number of ether oxygens (including phenoxy) is 2. The van der Waals surface area contributed by atoms with Crippen LogP contribution in [0.2, 0.25) is 0 Å². The number of likely N-dealkylation sites (N-methyl/N-ethyl adjacent to an activating group) is 2. The highest BCUT2D eigenvalue weighted by molar-refractivity contribution is 5.21. The summed E-state index contributed by atoms with van der Waals surface area (Å²) in [7, 11) is 8.83. The minimum atomic E-state index is 0.225. The molecule has 0 atom stereocenters. The molecule has 0 saturated heterocycles. The van der Waals surface area contributed by atoms with Gasteiger partial charge in [-0.1, -0.05) is 0 Å². The second kappa shape index (κ2) is 10.2. The van der Waals surface area contributed by atoms with Crippen molar-refractivity contribution in [2.24, 2.45) is 0 Å². The Morgan fingerprint density at radius 1 is 0.724 bits per heavy atom. The smallest absolute Gasteiger partial charge is 0.223 e. The Morgan fingerprint density at radius 3 is 1.52 bits per heavy atom. The number of nitrogens with zero attached hydrogens (tertiary/aromatic N) is 6. The fraction of sp³-hybridized carbons (Fsp3) is 0.579. The van der Waals surface area contributed by atoms with Crippen molar-refractivity contribution in [2.75, 3.05) is 79.1 Å². The van der Waals surface area contributed by atoms with Gasteiger partial charge in [0.25, 0.3) is 0 Å². The van der Waals surface area contributed by atoms with Gasteiger partial charge in [0, 0.05) is 30.9 Å². The molecule has 0 radical (unpaired) electrons. The fourth-order valence-corrected chi connectivity index (χ4v) is 2.82. The van der Waals surface area contributed by atoms with Gasteiger partial charge in [-0.15, -0.1) is 0 Å². The van der Waals surface area contributed by atoms with Crippen molar-refractivity contribution in [3.63, 3.8) is 0 Å². The topological polar surface area (TPSA) is 122 Å². The maximum Gasteiger partial charge on any atom is 0.223 e. The van der Waals surface area contributed by atoms with Crippen LogP contribution in [0.4, 0.5) is 11.9 Å². The van der Waals surface area contributed by atoms with Crippen LogP contribution in [0, 0.1) is 0 Å². The number of quaternary nitrogens is 2. The van der Waals surface area contributed by atoms with Gasteiger partial charge in [-0.3, -0.25) is 0 Å². The molecule has 0 fully saturated rings. The number of hydrogen-bond acceptors (Lipinski definition) is 8. The lowest BCUT2D eigenvalue weighted by Gasteiger charge is -2.33. The van der Waals surface area contributed by atoms with Crippen molar-refractivity contribution >= 4 is 11.9 Å². The first kappa shape index (κ1) is 22.6. The van der Waals surface area contributed by atoms with E-state index in [0.29, 0.717) is 25.0 Å². The van der Waals surface area contributed by atoms with E-state index in [1.165, 1.54) is 0 Å². The molecule has 0 saturated carbocycles. The minimum absolute atomic E-state index is 0.225. The van der Waals surface area contributed by atoms with Crippen LogP contribution in [0.5, 0.6) is 11.8 Å². The molecule has 0 aliphatic carbocycles. The molecule has 29 heavy (non-hydrogen) atoms. The summed E-state index contributed by atoms with van der Waals surface area (Å²) in [5.41, 5.74) is 11.1. The Labute approximate surface area is 172 Å². The Hall–Kier alpha value is -2.72. The maximum absolute atomic E-state index is 5.69. The van der Waals surface area contributed by atoms with E-state index in [-0.39, 0.29) is 11.9 Å². The first-order valence-electron chi connectivity index (χ1n) is 9.72. The zero-order valence-corrected chi connectivity index (χ0v) is 17.9. The Balaban J connectivity index is 1.65. The van der Waals surface area contributed by atoms with Crippen molar-refractivity contribution in [3.05, 3.63) is 24.5 Å². The normalized spacial score (nSPS) is 12.0. The van der Waals surface area contributed by atoms with Gasteiger partial charge in [0.2, 0.25) is 23.7 Å². The zero-order chi connectivity index (χ0) is 21.3. The van der Waals surface area contributed by atoms with E-state index in [9.17, 15) is 0 Å². The molecule has 0 aromatic carbocycles. The lowest BCUT2D eigenvalue weighted by atomic mass is 10.3. The maximum atomic E-state index is 5.69. The fourth-order valence-electron chi connectivity index (χ4n) is 2.82. The minimum Gasteiger partial charge on any atom is -0.472 e. The third-order valence-corrected chi connectivity index (χ3v) is 4.72. The van der Waals surface area contributed by atoms with E-state index in [4.69, 9.17) is 20.9 Å². The van der Waals surface area contributed by atoms with Crippen LogP contribution >= 0.6 is 0 Å². The largest absolute Gasteiger partial charge is 0.472 e. The summed E-state index contributed by atoms with van der Waals surface area (Å²) in [5, 5.41) is 0. The average molecular weight is 407 g/mol. The Kier molecular flexibility index (Phi) is 7.91. The summed E-state index contributed by atoms with van der Waals surface area (Å²) < 4.78 is 13.1. The van der Waals surface area contributed by atoms with Crippen LogP contribution in [-0.4, -0.2) is 96.5 Å². The number of hydrogen-bond donors (Lipinski definition) is 2.